The van der Waals surface area contributed by atoms with Crippen LogP contribution in [0.2, 0.25) is 5.02 Å². The van der Waals surface area contributed by atoms with Crippen molar-refractivity contribution in [2.24, 2.45) is 7.05 Å². The zero-order valence-corrected chi connectivity index (χ0v) is 25.8. The van der Waals surface area contributed by atoms with E-state index in [0.717, 1.165) is 65.3 Å². The van der Waals surface area contributed by atoms with Gasteiger partial charge in [-0.1, -0.05) is 23.7 Å². The van der Waals surface area contributed by atoms with Gasteiger partial charge in [-0.3, -0.25) is 19.4 Å². The maximum absolute atomic E-state index is 13.1. The molecule has 212 valence electrons. The first-order valence-electron chi connectivity index (χ1n) is 13.6. The van der Waals surface area contributed by atoms with Crippen LogP contribution in [0.4, 0.5) is 0 Å². The van der Waals surface area contributed by atoms with Gasteiger partial charge in [-0.25, -0.2) is 4.98 Å². The fraction of sp³-hybridized carbons (Fsp3) is 0.242. The number of halogens is 1. The van der Waals surface area contributed by atoms with Crippen LogP contribution in [-0.2, 0) is 16.6 Å². The number of ether oxygens (including phenoxy) is 1. The van der Waals surface area contributed by atoms with Gasteiger partial charge in [-0.15, -0.1) is 11.3 Å². The largest absolute Gasteiger partial charge is 0.360 e. The molecule has 6 rings (SSSR count). The number of aryl methyl sites for hydroxylation is 2. The minimum absolute atomic E-state index is 0.0517. The second kappa shape index (κ2) is 10.7. The van der Waals surface area contributed by atoms with Gasteiger partial charge in [0.1, 0.15) is 16.6 Å². The molecule has 4 aromatic heterocycles. The van der Waals surface area contributed by atoms with E-state index < -0.39 is 11.7 Å². The molecule has 6 aromatic rings. The van der Waals surface area contributed by atoms with Gasteiger partial charge in [0.05, 0.1) is 33.4 Å². The molecule has 0 spiro atoms. The third-order valence-electron chi connectivity index (χ3n) is 6.94. The summed E-state index contributed by atoms with van der Waals surface area (Å²) in [7, 11) is 1.89. The molecule has 0 aliphatic carbocycles. The van der Waals surface area contributed by atoms with Crippen LogP contribution >= 0.6 is 22.9 Å². The molecule has 0 radical (unpaired) electrons. The van der Waals surface area contributed by atoms with E-state index in [1.165, 1.54) is 0 Å². The van der Waals surface area contributed by atoms with E-state index in [1.54, 1.807) is 35.3 Å². The number of pyridine rings is 2. The first-order chi connectivity index (χ1) is 20.0. The molecule has 0 saturated heterocycles. The molecule has 0 saturated carbocycles. The van der Waals surface area contributed by atoms with Gasteiger partial charge < -0.3 is 4.74 Å². The predicted octanol–water partition coefficient (Wildman–Crippen LogP) is 8.38. The summed E-state index contributed by atoms with van der Waals surface area (Å²) in [5.41, 5.74) is 7.31. The van der Waals surface area contributed by atoms with Crippen LogP contribution in [0.15, 0.2) is 67.1 Å². The quantitative estimate of drug-likeness (QED) is 0.192. The normalized spacial score (nSPS) is 12.7. The van der Waals surface area contributed by atoms with Crippen molar-refractivity contribution in [3.05, 3.63) is 83.3 Å². The smallest absolute Gasteiger partial charge is 0.163 e. The van der Waals surface area contributed by atoms with Crippen molar-refractivity contribution < 1.29 is 9.53 Å². The van der Waals surface area contributed by atoms with Gasteiger partial charge in [0.25, 0.3) is 0 Å². The highest BCUT2D eigenvalue weighted by atomic mass is 35.5. The third kappa shape index (κ3) is 5.45. The number of aromatic nitrogens is 5. The average Bonchev–Trinajstić information content (AvgIpc) is 3.53. The van der Waals surface area contributed by atoms with Crippen LogP contribution in [0.1, 0.15) is 44.9 Å². The minimum atomic E-state index is -0.730. The number of hydrogen-bond acceptors (Lipinski definition) is 7. The maximum atomic E-state index is 13.1. The Morgan fingerprint density at radius 3 is 2.45 bits per heavy atom. The van der Waals surface area contributed by atoms with Gasteiger partial charge >= 0.3 is 0 Å². The fourth-order valence-corrected chi connectivity index (χ4v) is 6.42. The molecule has 0 unspecified atom stereocenters. The number of carbonyl (C=O) groups excluding carboxylic acids is 1. The summed E-state index contributed by atoms with van der Waals surface area (Å²) in [6.07, 6.45) is 4.79. The average molecular weight is 596 g/mol. The summed E-state index contributed by atoms with van der Waals surface area (Å²) >= 11 is 7.85. The molecule has 0 fully saturated rings. The van der Waals surface area contributed by atoms with Crippen molar-refractivity contribution in [2.75, 3.05) is 0 Å². The monoisotopic (exact) mass is 595 g/mol. The number of Topliss-reactive ketones (excluding diaryl/α,β-unsaturated/α-hetero) is 1. The van der Waals surface area contributed by atoms with E-state index in [0.29, 0.717) is 5.02 Å². The van der Waals surface area contributed by atoms with Crippen LogP contribution in [0, 0.1) is 6.92 Å². The fourth-order valence-electron chi connectivity index (χ4n) is 5.17. The van der Waals surface area contributed by atoms with E-state index in [9.17, 15) is 4.79 Å². The molecule has 0 amide bonds. The summed E-state index contributed by atoms with van der Waals surface area (Å²) in [5, 5.41) is 6.91. The van der Waals surface area contributed by atoms with Crippen LogP contribution in [0.3, 0.4) is 0 Å². The molecule has 1 atom stereocenters. The Hall–Kier alpha value is -3.98. The van der Waals surface area contributed by atoms with Crippen molar-refractivity contribution in [1.29, 1.82) is 0 Å². The molecular weight excluding hydrogens is 566 g/mol. The Morgan fingerprint density at radius 1 is 1.00 bits per heavy atom. The molecule has 0 N–H and O–H groups in total. The summed E-state index contributed by atoms with van der Waals surface area (Å²) in [4.78, 5) is 27.3. The summed E-state index contributed by atoms with van der Waals surface area (Å²) in [6, 6.07) is 15.7. The molecule has 0 bridgehead atoms. The van der Waals surface area contributed by atoms with Crippen molar-refractivity contribution in [1.82, 2.24) is 24.7 Å². The van der Waals surface area contributed by atoms with Gasteiger partial charge in [0, 0.05) is 46.5 Å². The number of ketones is 1. The topological polar surface area (TPSA) is 82.8 Å². The summed E-state index contributed by atoms with van der Waals surface area (Å²) in [6.45, 7) is 9.49. The number of carbonyl (C=O) groups is 1. The Balaban J connectivity index is 1.53. The van der Waals surface area contributed by atoms with Gasteiger partial charge in [0.2, 0.25) is 0 Å². The number of fused-ring (bicyclic) bond motifs is 2. The molecule has 9 heteroatoms. The molecule has 2 aromatic carbocycles. The molecule has 7 nitrogen and oxygen atoms in total. The lowest BCUT2D eigenvalue weighted by Crippen LogP contribution is -2.27. The van der Waals surface area contributed by atoms with Gasteiger partial charge in [-0.2, -0.15) is 5.10 Å². The Morgan fingerprint density at radius 2 is 1.74 bits per heavy atom. The lowest BCUT2D eigenvalue weighted by atomic mass is 9.90. The predicted molar refractivity (Wildman–Crippen MR) is 170 cm³/mol. The standard InChI is InChI=1S/C33H30ClN5O2S/c1-18-13-26-31(29(20-7-9-23(34)10-8-20)28(18)30(19(2)40)41-33(3,4)5)42-32(37-26)21-11-12-35-24(14-21)25-15-22-17-39(6)38-27(22)16-36-25/h7-17,30H,1-6H3/t30-/m1/s1. The van der Waals surface area contributed by atoms with Crippen LogP contribution in [-0.4, -0.2) is 36.1 Å². The second-order valence-electron chi connectivity index (χ2n) is 11.4. The number of hydrogen-bond donors (Lipinski definition) is 0. The number of benzene rings is 2. The Bertz CT molecular complexity index is 1970. The minimum Gasteiger partial charge on any atom is -0.360 e. The zero-order valence-electron chi connectivity index (χ0n) is 24.3. The number of nitrogens with zero attached hydrogens (tertiary/aromatic N) is 5. The third-order valence-corrected chi connectivity index (χ3v) is 8.33. The number of rotatable bonds is 6. The van der Waals surface area contributed by atoms with Gasteiger partial charge in [-0.05, 0) is 82.1 Å². The van der Waals surface area contributed by atoms with E-state index in [2.05, 4.69) is 15.1 Å². The van der Waals surface area contributed by atoms with Crippen molar-refractivity contribution >= 4 is 49.8 Å². The first-order valence-corrected chi connectivity index (χ1v) is 14.8. The molecule has 4 heterocycles. The highest BCUT2D eigenvalue weighted by Gasteiger charge is 2.30. The van der Waals surface area contributed by atoms with Gasteiger partial charge in [0.15, 0.2) is 5.78 Å². The molecular formula is C33H30ClN5O2S. The molecule has 42 heavy (non-hydrogen) atoms. The zero-order chi connectivity index (χ0) is 29.8. The van der Waals surface area contributed by atoms with Crippen molar-refractivity contribution in [2.45, 2.75) is 46.3 Å². The first kappa shape index (κ1) is 28.2. The van der Waals surface area contributed by atoms with E-state index >= 15 is 0 Å². The maximum Gasteiger partial charge on any atom is 0.163 e. The van der Waals surface area contributed by atoms with Crippen molar-refractivity contribution in [3.8, 4) is 33.1 Å². The highest BCUT2D eigenvalue weighted by Crippen LogP contribution is 2.44. The van der Waals surface area contributed by atoms with Crippen LogP contribution in [0.5, 0.6) is 0 Å². The molecule has 0 aliphatic heterocycles. The number of thiazole rings is 1. The molecule has 0 aliphatic rings. The highest BCUT2D eigenvalue weighted by molar-refractivity contribution is 7.22. The lowest BCUT2D eigenvalue weighted by Gasteiger charge is -2.29. The van der Waals surface area contributed by atoms with E-state index in [4.69, 9.17) is 21.3 Å². The summed E-state index contributed by atoms with van der Waals surface area (Å²) < 4.78 is 9.13. The second-order valence-corrected chi connectivity index (χ2v) is 12.9. The van der Waals surface area contributed by atoms with E-state index in [1.807, 2.05) is 89.5 Å². The van der Waals surface area contributed by atoms with Crippen LogP contribution < -0.4 is 0 Å². The lowest BCUT2D eigenvalue weighted by molar-refractivity contribution is -0.138. The van der Waals surface area contributed by atoms with E-state index in [-0.39, 0.29) is 5.78 Å². The Kier molecular flexibility index (Phi) is 7.17. The SMILES string of the molecule is CC(=O)[C@@H](OC(C)(C)C)c1c(C)cc2nc(-c3ccnc(-c4cc5cn(C)nc5cn4)c3)sc2c1-c1ccc(Cl)cc1. The summed E-state index contributed by atoms with van der Waals surface area (Å²) in [5.74, 6) is -0.0517. The van der Waals surface area contributed by atoms with Crippen LogP contribution in [0.25, 0.3) is 54.2 Å². The Labute approximate surface area is 253 Å². The van der Waals surface area contributed by atoms with Crippen molar-refractivity contribution in [3.63, 3.8) is 0 Å².